The molecule has 0 radical (unpaired) electrons. The molecule has 25 heavy (non-hydrogen) atoms. The number of aliphatic imine (C=N–C) groups is 1. The zero-order valence-corrected chi connectivity index (χ0v) is 18.4. The van der Waals surface area contributed by atoms with Gasteiger partial charge in [-0.25, -0.2) is 0 Å². The lowest BCUT2D eigenvalue weighted by Crippen LogP contribution is -2.46. The lowest BCUT2D eigenvalue weighted by molar-refractivity contribution is -0.121. The van der Waals surface area contributed by atoms with Gasteiger partial charge in [0.1, 0.15) is 0 Å². The van der Waals surface area contributed by atoms with Gasteiger partial charge in [-0.2, -0.15) is 0 Å². The van der Waals surface area contributed by atoms with Gasteiger partial charge >= 0.3 is 0 Å². The Kier molecular flexibility index (Phi) is 11.5. The van der Waals surface area contributed by atoms with Crippen LogP contribution in [0.3, 0.4) is 0 Å². The highest BCUT2D eigenvalue weighted by Crippen LogP contribution is 2.26. The number of halogens is 1. The van der Waals surface area contributed by atoms with E-state index in [1.165, 1.54) is 38.5 Å². The Bertz CT molecular complexity index is 402. The van der Waals surface area contributed by atoms with E-state index in [9.17, 15) is 4.79 Å². The highest BCUT2D eigenvalue weighted by atomic mass is 127. The molecule has 6 heteroatoms. The highest BCUT2D eigenvalue weighted by molar-refractivity contribution is 14.0. The van der Waals surface area contributed by atoms with Gasteiger partial charge in [-0.15, -0.1) is 24.0 Å². The average Bonchev–Trinajstić information content (AvgIpc) is 2.62. The van der Waals surface area contributed by atoms with Crippen molar-refractivity contribution in [3.05, 3.63) is 0 Å². The van der Waals surface area contributed by atoms with Crippen LogP contribution in [0.25, 0.3) is 0 Å². The Morgan fingerprint density at radius 2 is 1.76 bits per heavy atom. The van der Waals surface area contributed by atoms with Crippen LogP contribution in [0.15, 0.2) is 4.99 Å². The Morgan fingerprint density at radius 1 is 1.08 bits per heavy atom. The summed E-state index contributed by atoms with van der Waals surface area (Å²) in [5.41, 5.74) is 0. The minimum Gasteiger partial charge on any atom is -0.359 e. The van der Waals surface area contributed by atoms with Crippen LogP contribution < -0.4 is 10.6 Å². The van der Waals surface area contributed by atoms with E-state index in [2.05, 4.69) is 22.5 Å². The van der Waals surface area contributed by atoms with Crippen molar-refractivity contribution < 1.29 is 4.79 Å². The molecule has 1 saturated carbocycles. The van der Waals surface area contributed by atoms with Crippen molar-refractivity contribution in [2.75, 3.05) is 33.2 Å². The predicted octanol–water partition coefficient (Wildman–Crippen LogP) is 3.39. The first-order valence-electron chi connectivity index (χ1n) is 9.96. The molecule has 0 aromatic carbocycles. The van der Waals surface area contributed by atoms with Crippen molar-refractivity contribution in [3.8, 4) is 0 Å². The van der Waals surface area contributed by atoms with Gasteiger partial charge in [0.2, 0.25) is 5.91 Å². The van der Waals surface area contributed by atoms with E-state index in [1.54, 1.807) is 7.05 Å². The van der Waals surface area contributed by atoms with Gasteiger partial charge in [0.05, 0.1) is 0 Å². The fourth-order valence-corrected chi connectivity index (χ4v) is 3.97. The largest absolute Gasteiger partial charge is 0.359 e. The molecule has 2 rings (SSSR count). The number of likely N-dealkylation sites (tertiary alicyclic amines) is 1. The molecular formula is C19H37IN4O. The van der Waals surface area contributed by atoms with Crippen LogP contribution in [0.4, 0.5) is 0 Å². The quantitative estimate of drug-likeness (QED) is 0.360. The molecule has 0 unspecified atom stereocenters. The number of nitrogens with one attached hydrogen (secondary N) is 2. The van der Waals surface area contributed by atoms with Gasteiger partial charge in [0, 0.05) is 39.6 Å². The van der Waals surface area contributed by atoms with Crippen LogP contribution in [0.2, 0.25) is 0 Å². The summed E-state index contributed by atoms with van der Waals surface area (Å²) < 4.78 is 0. The van der Waals surface area contributed by atoms with Crippen LogP contribution in [-0.2, 0) is 4.79 Å². The molecule has 2 fully saturated rings. The van der Waals surface area contributed by atoms with Crippen molar-refractivity contribution in [3.63, 3.8) is 0 Å². The Labute approximate surface area is 170 Å². The first-order valence-corrected chi connectivity index (χ1v) is 9.96. The number of nitrogens with zero attached hydrogens (tertiary/aromatic N) is 2. The third kappa shape index (κ3) is 8.13. The summed E-state index contributed by atoms with van der Waals surface area (Å²) in [7, 11) is 1.72. The first-order chi connectivity index (χ1) is 11.7. The maximum atomic E-state index is 11.5. The van der Waals surface area contributed by atoms with Crippen LogP contribution in [0.5, 0.6) is 0 Å². The van der Waals surface area contributed by atoms with Gasteiger partial charge in [-0.05, 0) is 38.0 Å². The molecule has 1 aliphatic heterocycles. The van der Waals surface area contributed by atoms with Gasteiger partial charge in [-0.3, -0.25) is 9.79 Å². The van der Waals surface area contributed by atoms with Crippen molar-refractivity contribution in [2.24, 2.45) is 16.8 Å². The molecule has 0 aromatic rings. The van der Waals surface area contributed by atoms with E-state index in [1.807, 2.05) is 0 Å². The Morgan fingerprint density at radius 3 is 2.36 bits per heavy atom. The molecule has 2 N–H and O–H groups in total. The van der Waals surface area contributed by atoms with Crippen molar-refractivity contribution >= 4 is 35.8 Å². The van der Waals surface area contributed by atoms with Crippen molar-refractivity contribution in [1.82, 2.24) is 15.5 Å². The molecule has 1 saturated heterocycles. The zero-order valence-electron chi connectivity index (χ0n) is 16.1. The summed E-state index contributed by atoms with van der Waals surface area (Å²) in [5.74, 6) is 2.66. The van der Waals surface area contributed by atoms with Crippen LogP contribution >= 0.6 is 24.0 Å². The molecule has 5 nitrogen and oxygen atoms in total. The number of carbonyl (C=O) groups excluding carboxylic acids is 1. The zero-order chi connectivity index (χ0) is 17.2. The standard InChI is InChI=1S/C19H36N4O.HI/c1-3-21-19(22-12-9-16-7-5-4-6-8-16)23-13-10-17(11-14-23)15-18(24)20-2;/h16-17H,3-15H2,1-2H3,(H,20,24)(H,21,22);1H. The molecule has 146 valence electrons. The number of guanidine groups is 1. The smallest absolute Gasteiger partial charge is 0.220 e. The fourth-order valence-electron chi connectivity index (χ4n) is 3.97. The average molecular weight is 464 g/mol. The number of hydrogen-bond donors (Lipinski definition) is 2. The molecule has 1 heterocycles. The predicted molar refractivity (Wildman–Crippen MR) is 116 cm³/mol. The molecule has 0 bridgehead atoms. The third-order valence-corrected chi connectivity index (χ3v) is 5.53. The van der Waals surface area contributed by atoms with Gasteiger partial charge in [0.15, 0.2) is 5.96 Å². The maximum absolute atomic E-state index is 11.5. The Hall–Kier alpha value is -0.530. The van der Waals surface area contributed by atoms with E-state index >= 15 is 0 Å². The molecule has 0 atom stereocenters. The number of hydrogen-bond acceptors (Lipinski definition) is 2. The molecular weight excluding hydrogens is 427 g/mol. The molecule has 0 aromatic heterocycles. The topological polar surface area (TPSA) is 56.7 Å². The third-order valence-electron chi connectivity index (χ3n) is 5.53. The monoisotopic (exact) mass is 464 g/mol. The number of amides is 1. The summed E-state index contributed by atoms with van der Waals surface area (Å²) in [5, 5.41) is 6.19. The summed E-state index contributed by atoms with van der Waals surface area (Å²) >= 11 is 0. The second kappa shape index (κ2) is 12.8. The van der Waals surface area contributed by atoms with Crippen LogP contribution in [-0.4, -0.2) is 50.0 Å². The minimum absolute atomic E-state index is 0. The second-order valence-electron chi connectivity index (χ2n) is 7.34. The number of carbonyl (C=O) groups is 1. The van der Waals surface area contributed by atoms with Crippen molar-refractivity contribution in [2.45, 2.75) is 64.7 Å². The lowest BCUT2D eigenvalue weighted by atomic mass is 9.87. The van der Waals surface area contributed by atoms with Crippen LogP contribution in [0, 0.1) is 11.8 Å². The highest BCUT2D eigenvalue weighted by Gasteiger charge is 2.23. The maximum Gasteiger partial charge on any atom is 0.220 e. The fraction of sp³-hybridized carbons (Fsp3) is 0.895. The van der Waals surface area contributed by atoms with Crippen LogP contribution in [0.1, 0.15) is 64.7 Å². The van der Waals surface area contributed by atoms with Gasteiger partial charge in [0.25, 0.3) is 0 Å². The van der Waals surface area contributed by atoms with Gasteiger partial charge in [-0.1, -0.05) is 32.1 Å². The van der Waals surface area contributed by atoms with Gasteiger partial charge < -0.3 is 15.5 Å². The molecule has 1 aliphatic carbocycles. The normalized spacial score (nSPS) is 20.1. The molecule has 1 amide bonds. The second-order valence-corrected chi connectivity index (χ2v) is 7.34. The van der Waals surface area contributed by atoms with E-state index < -0.39 is 0 Å². The molecule has 2 aliphatic rings. The summed E-state index contributed by atoms with van der Waals surface area (Å²) in [6.07, 6.45) is 11.1. The summed E-state index contributed by atoms with van der Waals surface area (Å²) in [6.45, 7) is 6.02. The first kappa shape index (κ1) is 22.5. The summed E-state index contributed by atoms with van der Waals surface area (Å²) in [4.78, 5) is 18.8. The van der Waals surface area contributed by atoms with Crippen molar-refractivity contribution in [1.29, 1.82) is 0 Å². The number of piperidine rings is 1. The minimum atomic E-state index is 0. The van der Waals surface area contributed by atoms with E-state index in [-0.39, 0.29) is 29.9 Å². The SMILES string of the molecule is CCNC(=NCCC1CCCCC1)N1CCC(CC(=O)NC)CC1.I. The Balaban J connectivity index is 0.00000312. The number of rotatable bonds is 6. The van der Waals surface area contributed by atoms with E-state index in [4.69, 9.17) is 4.99 Å². The summed E-state index contributed by atoms with van der Waals surface area (Å²) in [6, 6.07) is 0. The lowest BCUT2D eigenvalue weighted by Gasteiger charge is -2.34. The molecule has 0 spiro atoms. The van der Waals surface area contributed by atoms with E-state index in [0.717, 1.165) is 50.9 Å². The van der Waals surface area contributed by atoms with E-state index in [0.29, 0.717) is 12.3 Å².